The topological polar surface area (TPSA) is 138 Å². The van der Waals surface area contributed by atoms with E-state index in [1.54, 1.807) is 24.3 Å². The molecule has 200 valence electrons. The smallest absolute Gasteiger partial charge is 0.357 e. The van der Waals surface area contributed by atoms with E-state index in [9.17, 15) is 14.4 Å². The molecule has 1 heterocycles. The molecule has 6 atom stereocenters. The second-order valence-corrected chi connectivity index (χ2v) is 10.4. The highest BCUT2D eigenvalue weighted by atomic mass is 32.1. The van der Waals surface area contributed by atoms with Gasteiger partial charge in [-0.15, -0.1) is 11.3 Å². The number of hydrogen-bond acceptors (Lipinski definition) is 9. The number of ether oxygens (including phenoxy) is 2. The normalized spacial score (nSPS) is 16.7. The molecular weight excluding hydrogens is 468 g/mol. The Hall–Kier alpha value is -2.04. The molecule has 0 bridgehead atoms. The molecule has 1 amide bonds. The first-order valence-electron chi connectivity index (χ1n) is 12.5. The summed E-state index contributed by atoms with van der Waals surface area (Å²) in [7, 11) is 1.73. The van der Waals surface area contributed by atoms with Gasteiger partial charge >= 0.3 is 11.9 Å². The molecule has 0 saturated heterocycles. The molecule has 0 radical (unpaired) electrons. The minimum Gasteiger partial charge on any atom is -0.461 e. The van der Waals surface area contributed by atoms with Gasteiger partial charge in [-0.25, -0.2) is 9.78 Å². The van der Waals surface area contributed by atoms with E-state index in [2.05, 4.69) is 4.98 Å². The molecule has 0 aliphatic carbocycles. The third-order valence-corrected chi connectivity index (χ3v) is 7.62. The number of aromatic nitrogens is 1. The minimum absolute atomic E-state index is 0.0333. The zero-order chi connectivity index (χ0) is 26.9. The van der Waals surface area contributed by atoms with Gasteiger partial charge in [-0.3, -0.25) is 9.59 Å². The average Bonchev–Trinajstić information content (AvgIpc) is 3.33. The van der Waals surface area contributed by atoms with Gasteiger partial charge in [0.15, 0.2) is 11.8 Å². The van der Waals surface area contributed by atoms with Crippen LogP contribution in [0.5, 0.6) is 0 Å². The molecule has 35 heavy (non-hydrogen) atoms. The van der Waals surface area contributed by atoms with Crippen molar-refractivity contribution in [2.24, 2.45) is 29.2 Å². The molecule has 10 heteroatoms. The molecule has 0 spiro atoms. The van der Waals surface area contributed by atoms with E-state index in [1.165, 1.54) is 11.3 Å². The lowest BCUT2D eigenvalue weighted by Crippen LogP contribution is -2.51. The number of likely N-dealkylation sites (N-methyl/N-ethyl adjacent to an activating group) is 1. The number of carbonyl (C=O) groups is 3. The standard InChI is InChI=1S/C25H44N4O5S/c1-9-15(6)20(26)23(30)29(8)18(14(4)5)12-19(34-25(32)21(27)16(7)10-2)22-28-17(13-35-22)24(31)33-11-3/h13-16,18-21H,9-12,26-27H2,1-8H3. The lowest BCUT2D eigenvalue weighted by molar-refractivity contribution is -0.154. The largest absolute Gasteiger partial charge is 0.461 e. The number of hydrogen-bond donors (Lipinski definition) is 2. The zero-order valence-corrected chi connectivity index (χ0v) is 23.3. The van der Waals surface area contributed by atoms with Gasteiger partial charge in [0.1, 0.15) is 11.0 Å². The Morgan fingerprint density at radius 2 is 1.60 bits per heavy atom. The number of amides is 1. The number of esters is 2. The summed E-state index contributed by atoms with van der Waals surface area (Å²) in [5.41, 5.74) is 12.5. The summed E-state index contributed by atoms with van der Waals surface area (Å²) in [4.78, 5) is 44.2. The summed E-state index contributed by atoms with van der Waals surface area (Å²) in [5, 5.41) is 2.04. The van der Waals surface area contributed by atoms with Crippen molar-refractivity contribution in [3.05, 3.63) is 16.1 Å². The van der Waals surface area contributed by atoms with Crippen LogP contribution in [0.3, 0.4) is 0 Å². The second kappa shape index (κ2) is 14.5. The first-order chi connectivity index (χ1) is 16.4. The highest BCUT2D eigenvalue weighted by molar-refractivity contribution is 7.09. The van der Waals surface area contributed by atoms with Crippen LogP contribution in [-0.2, 0) is 19.1 Å². The van der Waals surface area contributed by atoms with E-state index in [0.717, 1.165) is 12.8 Å². The molecule has 6 unspecified atom stereocenters. The molecule has 1 rings (SSSR count). The van der Waals surface area contributed by atoms with Crippen molar-refractivity contribution < 1.29 is 23.9 Å². The Labute approximate surface area is 213 Å². The van der Waals surface area contributed by atoms with Crippen LogP contribution in [-0.4, -0.2) is 59.5 Å². The van der Waals surface area contributed by atoms with Crippen molar-refractivity contribution in [2.75, 3.05) is 13.7 Å². The number of rotatable bonds is 14. The third-order valence-electron chi connectivity index (χ3n) is 6.68. The Bertz CT molecular complexity index is 831. The van der Waals surface area contributed by atoms with Crippen molar-refractivity contribution in [3.8, 4) is 0 Å². The maximum atomic E-state index is 13.1. The minimum atomic E-state index is -0.789. The van der Waals surface area contributed by atoms with Crippen LogP contribution < -0.4 is 11.5 Å². The molecule has 0 aromatic carbocycles. The maximum Gasteiger partial charge on any atom is 0.357 e. The van der Waals surface area contributed by atoms with Crippen LogP contribution in [0.1, 0.15) is 89.3 Å². The van der Waals surface area contributed by atoms with E-state index >= 15 is 0 Å². The SMILES string of the molecule is CCOC(=O)c1csc(C(CC(C(C)C)N(C)C(=O)C(N)C(C)CC)OC(=O)C(N)C(C)CC)n1. The molecule has 4 N–H and O–H groups in total. The maximum absolute atomic E-state index is 13.1. The summed E-state index contributed by atoms with van der Waals surface area (Å²) in [5.74, 6) is -1.22. The number of thiazole rings is 1. The number of nitrogens with zero attached hydrogens (tertiary/aromatic N) is 2. The monoisotopic (exact) mass is 512 g/mol. The fourth-order valence-corrected chi connectivity index (χ4v) is 4.46. The fourth-order valence-electron chi connectivity index (χ4n) is 3.63. The lowest BCUT2D eigenvalue weighted by Gasteiger charge is -2.36. The van der Waals surface area contributed by atoms with Gasteiger partial charge in [-0.05, 0) is 24.7 Å². The van der Waals surface area contributed by atoms with E-state index < -0.39 is 30.1 Å². The molecule has 0 fully saturated rings. The van der Waals surface area contributed by atoms with Crippen molar-refractivity contribution in [3.63, 3.8) is 0 Å². The third kappa shape index (κ3) is 8.54. The molecular formula is C25H44N4O5S. The summed E-state index contributed by atoms with van der Waals surface area (Å²) < 4.78 is 10.9. The van der Waals surface area contributed by atoms with Crippen molar-refractivity contribution >= 4 is 29.2 Å². The van der Waals surface area contributed by atoms with E-state index in [4.69, 9.17) is 20.9 Å². The zero-order valence-electron chi connectivity index (χ0n) is 22.4. The Morgan fingerprint density at radius 3 is 2.11 bits per heavy atom. The molecule has 0 aliphatic rings. The summed E-state index contributed by atoms with van der Waals surface area (Å²) in [6, 6.07) is -1.70. The quantitative estimate of drug-likeness (QED) is 0.361. The van der Waals surface area contributed by atoms with E-state index in [1.807, 2.05) is 41.5 Å². The highest BCUT2D eigenvalue weighted by Gasteiger charge is 2.35. The lowest BCUT2D eigenvalue weighted by atomic mass is 9.93. The summed E-state index contributed by atoms with van der Waals surface area (Å²) >= 11 is 1.21. The van der Waals surface area contributed by atoms with Gasteiger partial charge in [-0.1, -0.05) is 54.4 Å². The van der Waals surface area contributed by atoms with Crippen molar-refractivity contribution in [1.29, 1.82) is 0 Å². The Morgan fingerprint density at radius 1 is 1.03 bits per heavy atom. The van der Waals surface area contributed by atoms with Crippen molar-refractivity contribution in [1.82, 2.24) is 9.88 Å². The predicted octanol–water partition coefficient (Wildman–Crippen LogP) is 3.52. The van der Waals surface area contributed by atoms with Gasteiger partial charge in [-0.2, -0.15) is 0 Å². The van der Waals surface area contributed by atoms with Crippen LogP contribution in [0.2, 0.25) is 0 Å². The summed E-state index contributed by atoms with van der Waals surface area (Å²) in [6.07, 6.45) is 1.02. The van der Waals surface area contributed by atoms with E-state index in [-0.39, 0.29) is 42.0 Å². The number of nitrogens with two attached hydrogens (primary N) is 2. The van der Waals surface area contributed by atoms with Crippen molar-refractivity contribution in [2.45, 2.75) is 92.0 Å². The first kappa shape index (κ1) is 31.0. The predicted molar refractivity (Wildman–Crippen MR) is 138 cm³/mol. The van der Waals surface area contributed by atoms with Gasteiger partial charge in [0.2, 0.25) is 5.91 Å². The van der Waals surface area contributed by atoms with E-state index in [0.29, 0.717) is 11.4 Å². The Kier molecular flexibility index (Phi) is 12.8. The van der Waals surface area contributed by atoms with Crippen LogP contribution >= 0.6 is 11.3 Å². The molecule has 0 saturated carbocycles. The van der Waals surface area contributed by atoms with Crippen LogP contribution in [0.4, 0.5) is 0 Å². The first-order valence-corrected chi connectivity index (χ1v) is 13.4. The fraction of sp³-hybridized carbons (Fsp3) is 0.760. The van der Waals surface area contributed by atoms with Crippen LogP contribution in [0, 0.1) is 17.8 Å². The average molecular weight is 513 g/mol. The highest BCUT2D eigenvalue weighted by Crippen LogP contribution is 2.31. The molecule has 1 aromatic rings. The van der Waals surface area contributed by atoms with Gasteiger partial charge in [0, 0.05) is 24.9 Å². The Balaban J connectivity index is 3.28. The van der Waals surface area contributed by atoms with Gasteiger partial charge < -0.3 is 25.8 Å². The number of carbonyl (C=O) groups excluding carboxylic acids is 3. The van der Waals surface area contributed by atoms with Gasteiger partial charge in [0.05, 0.1) is 12.6 Å². The van der Waals surface area contributed by atoms with Crippen LogP contribution in [0.15, 0.2) is 5.38 Å². The summed E-state index contributed by atoms with van der Waals surface area (Å²) in [6.45, 7) is 13.7. The van der Waals surface area contributed by atoms with Crippen LogP contribution in [0.25, 0.3) is 0 Å². The molecule has 9 nitrogen and oxygen atoms in total. The molecule has 0 aliphatic heterocycles. The molecule has 1 aromatic heterocycles. The van der Waals surface area contributed by atoms with Gasteiger partial charge in [0.25, 0.3) is 0 Å². The second-order valence-electron chi connectivity index (χ2n) is 9.54.